The van der Waals surface area contributed by atoms with Gasteiger partial charge in [-0.1, -0.05) is 0 Å². The Morgan fingerprint density at radius 1 is 1.38 bits per heavy atom. The van der Waals surface area contributed by atoms with E-state index in [0.29, 0.717) is 25.1 Å². The van der Waals surface area contributed by atoms with Crippen LogP contribution in [0.5, 0.6) is 0 Å². The number of hydrogen-bond donors (Lipinski definition) is 1. The van der Waals surface area contributed by atoms with Crippen molar-refractivity contribution in [2.75, 3.05) is 13.1 Å². The van der Waals surface area contributed by atoms with Crippen LogP contribution in [-0.2, 0) is 17.8 Å². The molecule has 0 aromatic carbocycles. The first-order chi connectivity index (χ1) is 10.2. The molecule has 0 saturated carbocycles. The lowest BCUT2D eigenvalue weighted by Crippen LogP contribution is -2.37. The van der Waals surface area contributed by atoms with Crippen molar-refractivity contribution < 1.29 is 14.0 Å². The van der Waals surface area contributed by atoms with E-state index in [0.717, 1.165) is 13.0 Å². The molecule has 6 heteroatoms. The summed E-state index contributed by atoms with van der Waals surface area (Å²) in [6.45, 7) is 1.80. The second-order valence-corrected chi connectivity index (χ2v) is 5.95. The van der Waals surface area contributed by atoms with Crippen LogP contribution in [0.3, 0.4) is 0 Å². The average molecular weight is 304 g/mol. The van der Waals surface area contributed by atoms with Gasteiger partial charge in [0.25, 0.3) is 5.91 Å². The molecule has 0 spiro atoms. The fraction of sp³-hybridized carbons (Fsp3) is 0.333. The molecule has 0 aliphatic carbocycles. The molecule has 2 aromatic rings. The van der Waals surface area contributed by atoms with Crippen molar-refractivity contribution >= 4 is 23.2 Å². The van der Waals surface area contributed by atoms with Crippen molar-refractivity contribution in [3.8, 4) is 0 Å². The first kappa shape index (κ1) is 13.9. The Kier molecular flexibility index (Phi) is 4.06. The number of furan rings is 1. The number of fused-ring (bicyclic) bond motifs is 1. The van der Waals surface area contributed by atoms with Gasteiger partial charge in [0.1, 0.15) is 6.26 Å². The van der Waals surface area contributed by atoms with E-state index in [-0.39, 0.29) is 11.8 Å². The summed E-state index contributed by atoms with van der Waals surface area (Å²) in [4.78, 5) is 27.1. The molecule has 0 saturated heterocycles. The molecule has 2 aromatic heterocycles. The topological polar surface area (TPSA) is 62.6 Å². The number of amides is 2. The van der Waals surface area contributed by atoms with E-state index in [9.17, 15) is 9.59 Å². The molecule has 0 unspecified atom stereocenters. The molecule has 1 aliphatic heterocycles. The highest BCUT2D eigenvalue weighted by atomic mass is 32.1. The normalized spacial score (nSPS) is 13.8. The van der Waals surface area contributed by atoms with E-state index in [1.165, 1.54) is 23.0 Å². The molecule has 3 rings (SSSR count). The Morgan fingerprint density at radius 2 is 2.29 bits per heavy atom. The van der Waals surface area contributed by atoms with E-state index in [2.05, 4.69) is 16.8 Å². The Hall–Kier alpha value is -2.08. The summed E-state index contributed by atoms with van der Waals surface area (Å²) in [6.07, 6.45) is 4.09. The third kappa shape index (κ3) is 3.16. The number of thiophene rings is 1. The molecule has 0 fully saturated rings. The quantitative estimate of drug-likeness (QED) is 0.940. The van der Waals surface area contributed by atoms with Gasteiger partial charge in [-0.3, -0.25) is 9.59 Å². The summed E-state index contributed by atoms with van der Waals surface area (Å²) in [5.74, 6) is -0.130. The van der Waals surface area contributed by atoms with Crippen LogP contribution in [0.15, 0.2) is 34.5 Å². The number of carbonyl (C=O) groups excluding carboxylic acids is 2. The number of rotatable bonds is 4. The molecular formula is C15H16N2O3S. The van der Waals surface area contributed by atoms with Crippen molar-refractivity contribution in [2.24, 2.45) is 0 Å². The zero-order chi connectivity index (χ0) is 14.7. The largest absolute Gasteiger partial charge is 0.472 e. The van der Waals surface area contributed by atoms with Crippen molar-refractivity contribution in [3.63, 3.8) is 0 Å². The van der Waals surface area contributed by atoms with Crippen LogP contribution >= 0.6 is 11.3 Å². The van der Waals surface area contributed by atoms with Gasteiger partial charge in [0.15, 0.2) is 0 Å². The summed E-state index contributed by atoms with van der Waals surface area (Å²) in [6, 6.07) is 3.68. The van der Waals surface area contributed by atoms with E-state index in [1.807, 2.05) is 4.90 Å². The molecule has 3 heterocycles. The molecule has 21 heavy (non-hydrogen) atoms. The maximum absolute atomic E-state index is 12.2. The Labute approximate surface area is 126 Å². The molecule has 2 amide bonds. The van der Waals surface area contributed by atoms with Crippen LogP contribution < -0.4 is 5.32 Å². The molecule has 1 aliphatic rings. The Bertz CT molecular complexity index is 633. The second-order valence-electron chi connectivity index (χ2n) is 4.95. The first-order valence-corrected chi connectivity index (χ1v) is 7.75. The van der Waals surface area contributed by atoms with Gasteiger partial charge in [-0.2, -0.15) is 0 Å². The molecule has 110 valence electrons. The Balaban J connectivity index is 1.46. The van der Waals surface area contributed by atoms with Crippen LogP contribution in [0.25, 0.3) is 0 Å². The van der Waals surface area contributed by atoms with E-state index in [4.69, 9.17) is 4.42 Å². The maximum atomic E-state index is 12.2. The summed E-state index contributed by atoms with van der Waals surface area (Å²) in [5, 5.41) is 4.80. The fourth-order valence-electron chi connectivity index (χ4n) is 2.40. The number of carbonyl (C=O) groups is 2. The van der Waals surface area contributed by atoms with Gasteiger partial charge in [-0.15, -0.1) is 11.3 Å². The lowest BCUT2D eigenvalue weighted by Gasteiger charge is -2.27. The van der Waals surface area contributed by atoms with E-state index < -0.39 is 0 Å². The van der Waals surface area contributed by atoms with Crippen molar-refractivity contribution in [2.45, 2.75) is 19.4 Å². The van der Waals surface area contributed by atoms with Gasteiger partial charge >= 0.3 is 0 Å². The minimum atomic E-state index is -0.213. The van der Waals surface area contributed by atoms with Gasteiger partial charge in [0.2, 0.25) is 5.91 Å². The lowest BCUT2D eigenvalue weighted by atomic mass is 10.1. The molecule has 0 radical (unpaired) electrons. The molecule has 0 bridgehead atoms. The molecule has 5 nitrogen and oxygen atoms in total. The Morgan fingerprint density at radius 3 is 3.10 bits per heavy atom. The van der Waals surface area contributed by atoms with Gasteiger partial charge in [0.05, 0.1) is 11.8 Å². The standard InChI is InChI=1S/C15H16N2O3S/c18-14(1-5-16-15(19)12-3-7-20-10-12)17-6-2-13-11(9-17)4-8-21-13/h3-4,7-8,10H,1-2,5-6,9H2,(H,16,19). The highest BCUT2D eigenvalue weighted by Gasteiger charge is 2.21. The van der Waals surface area contributed by atoms with Crippen LogP contribution in [0.2, 0.25) is 0 Å². The van der Waals surface area contributed by atoms with Crippen molar-refractivity contribution in [3.05, 3.63) is 46.0 Å². The maximum Gasteiger partial charge on any atom is 0.254 e. The van der Waals surface area contributed by atoms with Crippen molar-refractivity contribution in [1.29, 1.82) is 0 Å². The predicted molar refractivity (Wildman–Crippen MR) is 79.1 cm³/mol. The van der Waals surface area contributed by atoms with Gasteiger partial charge in [-0.05, 0) is 29.5 Å². The SMILES string of the molecule is O=C(NCCC(=O)N1CCc2sccc2C1)c1ccoc1. The van der Waals surface area contributed by atoms with E-state index >= 15 is 0 Å². The second kappa shape index (κ2) is 6.13. The monoisotopic (exact) mass is 304 g/mol. The average Bonchev–Trinajstić information content (AvgIpc) is 3.17. The molecular weight excluding hydrogens is 288 g/mol. The minimum Gasteiger partial charge on any atom is -0.472 e. The molecule has 0 atom stereocenters. The number of hydrogen-bond acceptors (Lipinski definition) is 4. The van der Waals surface area contributed by atoms with Gasteiger partial charge in [-0.25, -0.2) is 0 Å². The number of nitrogens with zero attached hydrogens (tertiary/aromatic N) is 1. The van der Waals surface area contributed by atoms with Crippen LogP contribution in [-0.4, -0.2) is 29.8 Å². The van der Waals surface area contributed by atoms with Crippen molar-refractivity contribution in [1.82, 2.24) is 10.2 Å². The van der Waals surface area contributed by atoms with Gasteiger partial charge in [0, 0.05) is 30.9 Å². The third-order valence-corrected chi connectivity index (χ3v) is 4.59. The van der Waals surface area contributed by atoms with Crippen LogP contribution in [0, 0.1) is 0 Å². The zero-order valence-corrected chi connectivity index (χ0v) is 12.3. The predicted octanol–water partition coefficient (Wildman–Crippen LogP) is 2.05. The first-order valence-electron chi connectivity index (χ1n) is 6.87. The van der Waals surface area contributed by atoms with Crippen LogP contribution in [0.4, 0.5) is 0 Å². The summed E-state index contributed by atoms with van der Waals surface area (Å²) in [5.41, 5.74) is 1.73. The fourth-order valence-corrected chi connectivity index (χ4v) is 3.29. The smallest absolute Gasteiger partial charge is 0.254 e. The summed E-state index contributed by atoms with van der Waals surface area (Å²) < 4.78 is 4.85. The number of nitrogens with one attached hydrogen (secondary N) is 1. The third-order valence-electron chi connectivity index (χ3n) is 3.57. The highest BCUT2D eigenvalue weighted by molar-refractivity contribution is 7.10. The zero-order valence-electron chi connectivity index (χ0n) is 11.5. The van der Waals surface area contributed by atoms with E-state index in [1.54, 1.807) is 17.4 Å². The van der Waals surface area contributed by atoms with Crippen LogP contribution in [0.1, 0.15) is 27.2 Å². The summed E-state index contributed by atoms with van der Waals surface area (Å²) >= 11 is 1.76. The minimum absolute atomic E-state index is 0.0827. The molecule has 1 N–H and O–H groups in total. The summed E-state index contributed by atoms with van der Waals surface area (Å²) in [7, 11) is 0. The lowest BCUT2D eigenvalue weighted by molar-refractivity contribution is -0.131. The highest BCUT2D eigenvalue weighted by Crippen LogP contribution is 2.24. The van der Waals surface area contributed by atoms with Gasteiger partial charge < -0.3 is 14.6 Å².